The lowest BCUT2D eigenvalue weighted by Gasteiger charge is -2.01. The highest BCUT2D eigenvalue weighted by Gasteiger charge is 2.10. The maximum Gasteiger partial charge on any atom is 0.213 e. The molecular weight excluding hydrogens is 220 g/mol. The average Bonchev–Trinajstić information content (AvgIpc) is 2.81. The summed E-state index contributed by atoms with van der Waals surface area (Å²) < 4.78 is 11.9. The Balaban J connectivity index is 2.07. The summed E-state index contributed by atoms with van der Waals surface area (Å²) in [5.74, 6) is 2.31. The normalized spacial score (nSPS) is 10.6. The van der Waals surface area contributed by atoms with Crippen LogP contribution in [0.5, 0.6) is 5.88 Å². The summed E-state index contributed by atoms with van der Waals surface area (Å²) in [4.78, 5) is 0. The first-order valence-electron chi connectivity index (χ1n) is 5.35. The zero-order chi connectivity index (χ0) is 12.4. The highest BCUT2D eigenvalue weighted by molar-refractivity contribution is 5.40. The Kier molecular flexibility index (Phi) is 3.03. The van der Waals surface area contributed by atoms with Crippen LogP contribution in [0.3, 0.4) is 0 Å². The van der Waals surface area contributed by atoms with Crippen LogP contribution in [0.1, 0.15) is 17.0 Å². The second kappa shape index (κ2) is 4.48. The van der Waals surface area contributed by atoms with E-state index in [1.165, 1.54) is 0 Å². The van der Waals surface area contributed by atoms with Gasteiger partial charge in [-0.3, -0.25) is 0 Å². The lowest BCUT2D eigenvalue weighted by atomic mass is 10.2. The van der Waals surface area contributed by atoms with E-state index in [-0.39, 0.29) is 0 Å². The number of aryl methyl sites for hydroxylation is 3. The van der Waals surface area contributed by atoms with Crippen molar-refractivity contribution in [3.05, 3.63) is 23.1 Å². The van der Waals surface area contributed by atoms with Gasteiger partial charge in [-0.25, -0.2) is 4.68 Å². The Morgan fingerprint density at radius 3 is 2.76 bits per heavy atom. The standard InChI is InChI=1S/C11H16N4O2/c1-7-9(8(2)17-14-7)6-12-10-5-11(16-4)15(3)13-10/h5H,6H2,1-4H3,(H,12,13). The molecule has 2 aromatic rings. The van der Waals surface area contributed by atoms with E-state index in [1.54, 1.807) is 11.8 Å². The SMILES string of the molecule is COc1cc(NCc2c(C)noc2C)nn1C. The molecular formula is C11H16N4O2. The Hall–Kier alpha value is -1.98. The summed E-state index contributed by atoms with van der Waals surface area (Å²) in [5.41, 5.74) is 1.97. The largest absolute Gasteiger partial charge is 0.481 e. The van der Waals surface area contributed by atoms with Gasteiger partial charge >= 0.3 is 0 Å². The number of ether oxygens (including phenoxy) is 1. The highest BCUT2D eigenvalue weighted by Crippen LogP contribution is 2.18. The lowest BCUT2D eigenvalue weighted by Crippen LogP contribution is -2.02. The summed E-state index contributed by atoms with van der Waals surface area (Å²) >= 11 is 0. The molecule has 0 aromatic carbocycles. The minimum Gasteiger partial charge on any atom is -0.481 e. The van der Waals surface area contributed by atoms with Crippen LogP contribution in [-0.4, -0.2) is 22.0 Å². The first-order valence-corrected chi connectivity index (χ1v) is 5.35. The fraction of sp³-hybridized carbons (Fsp3) is 0.455. The molecule has 0 unspecified atom stereocenters. The van der Waals surface area contributed by atoms with Crippen molar-refractivity contribution in [3.63, 3.8) is 0 Å². The number of nitrogens with one attached hydrogen (secondary N) is 1. The van der Waals surface area contributed by atoms with Gasteiger partial charge in [-0.1, -0.05) is 5.16 Å². The van der Waals surface area contributed by atoms with E-state index in [2.05, 4.69) is 15.6 Å². The summed E-state index contributed by atoms with van der Waals surface area (Å²) in [6.45, 7) is 4.46. The first kappa shape index (κ1) is 11.5. The van der Waals surface area contributed by atoms with Crippen LogP contribution in [0, 0.1) is 13.8 Å². The predicted octanol–water partition coefficient (Wildman–Crippen LogP) is 1.65. The van der Waals surface area contributed by atoms with Gasteiger partial charge in [0, 0.05) is 25.2 Å². The topological polar surface area (TPSA) is 65.1 Å². The number of methoxy groups -OCH3 is 1. The van der Waals surface area contributed by atoms with Gasteiger partial charge in [0.15, 0.2) is 5.82 Å². The fourth-order valence-corrected chi connectivity index (χ4v) is 1.66. The third-order valence-corrected chi connectivity index (χ3v) is 2.67. The molecule has 6 heteroatoms. The minimum atomic E-state index is 0.640. The molecule has 1 N–H and O–H groups in total. The molecule has 0 spiro atoms. The molecule has 0 aliphatic carbocycles. The van der Waals surface area contributed by atoms with Crippen LogP contribution in [0.2, 0.25) is 0 Å². The van der Waals surface area contributed by atoms with Crippen molar-refractivity contribution in [2.75, 3.05) is 12.4 Å². The Morgan fingerprint density at radius 2 is 2.24 bits per heavy atom. The highest BCUT2D eigenvalue weighted by atomic mass is 16.5. The molecule has 0 bridgehead atoms. The molecule has 6 nitrogen and oxygen atoms in total. The van der Waals surface area contributed by atoms with E-state index in [0.717, 1.165) is 22.8 Å². The van der Waals surface area contributed by atoms with Gasteiger partial charge in [0.05, 0.1) is 12.8 Å². The van der Waals surface area contributed by atoms with Crippen molar-refractivity contribution < 1.29 is 9.26 Å². The van der Waals surface area contributed by atoms with E-state index >= 15 is 0 Å². The van der Waals surface area contributed by atoms with Crippen LogP contribution in [0.4, 0.5) is 5.82 Å². The number of rotatable bonds is 4. The zero-order valence-electron chi connectivity index (χ0n) is 10.4. The van der Waals surface area contributed by atoms with Crippen molar-refractivity contribution in [1.29, 1.82) is 0 Å². The summed E-state index contributed by atoms with van der Waals surface area (Å²) in [6, 6.07) is 1.85. The van der Waals surface area contributed by atoms with E-state index in [9.17, 15) is 0 Å². The second-order valence-electron chi connectivity index (χ2n) is 3.85. The summed E-state index contributed by atoms with van der Waals surface area (Å²) in [7, 11) is 3.45. The number of hydrogen-bond donors (Lipinski definition) is 1. The van der Waals surface area contributed by atoms with Crippen molar-refractivity contribution in [3.8, 4) is 5.88 Å². The fourth-order valence-electron chi connectivity index (χ4n) is 1.66. The monoisotopic (exact) mass is 236 g/mol. The predicted molar refractivity (Wildman–Crippen MR) is 63.1 cm³/mol. The van der Waals surface area contributed by atoms with E-state index in [0.29, 0.717) is 12.4 Å². The molecule has 0 amide bonds. The van der Waals surface area contributed by atoms with Crippen LogP contribution in [-0.2, 0) is 13.6 Å². The van der Waals surface area contributed by atoms with Crippen LogP contribution in [0.15, 0.2) is 10.6 Å². The van der Waals surface area contributed by atoms with E-state index < -0.39 is 0 Å². The smallest absolute Gasteiger partial charge is 0.213 e. The van der Waals surface area contributed by atoms with Gasteiger partial charge in [-0.2, -0.15) is 5.10 Å². The van der Waals surface area contributed by atoms with Gasteiger partial charge in [0.25, 0.3) is 0 Å². The number of hydrogen-bond acceptors (Lipinski definition) is 5. The van der Waals surface area contributed by atoms with E-state index in [4.69, 9.17) is 9.26 Å². The maximum atomic E-state index is 5.14. The molecule has 0 saturated heterocycles. The Bertz CT molecular complexity index is 496. The molecule has 17 heavy (non-hydrogen) atoms. The van der Waals surface area contributed by atoms with Crippen LogP contribution < -0.4 is 10.1 Å². The molecule has 2 heterocycles. The molecule has 92 valence electrons. The summed E-state index contributed by atoms with van der Waals surface area (Å²) in [5, 5.41) is 11.4. The first-order chi connectivity index (χ1) is 8.11. The number of aromatic nitrogens is 3. The molecule has 0 saturated carbocycles. The van der Waals surface area contributed by atoms with Gasteiger partial charge in [-0.15, -0.1) is 0 Å². The van der Waals surface area contributed by atoms with E-state index in [1.807, 2.05) is 27.0 Å². The average molecular weight is 236 g/mol. The molecule has 0 radical (unpaired) electrons. The molecule has 0 aliphatic heterocycles. The second-order valence-corrected chi connectivity index (χ2v) is 3.85. The summed E-state index contributed by atoms with van der Waals surface area (Å²) in [6.07, 6.45) is 0. The van der Waals surface area contributed by atoms with Crippen molar-refractivity contribution in [2.24, 2.45) is 7.05 Å². The van der Waals surface area contributed by atoms with Crippen molar-refractivity contribution in [2.45, 2.75) is 20.4 Å². The van der Waals surface area contributed by atoms with Crippen molar-refractivity contribution >= 4 is 5.82 Å². The van der Waals surface area contributed by atoms with Crippen LogP contribution in [0.25, 0.3) is 0 Å². The lowest BCUT2D eigenvalue weighted by molar-refractivity contribution is 0.373. The van der Waals surface area contributed by atoms with Gasteiger partial charge in [0.2, 0.25) is 5.88 Å². The van der Waals surface area contributed by atoms with Gasteiger partial charge < -0.3 is 14.6 Å². The zero-order valence-corrected chi connectivity index (χ0v) is 10.4. The quantitative estimate of drug-likeness (QED) is 0.874. The molecule has 0 fully saturated rings. The Labute approximate surface area is 99.5 Å². The van der Waals surface area contributed by atoms with Crippen LogP contribution >= 0.6 is 0 Å². The molecule has 2 rings (SSSR count). The number of nitrogens with zero attached hydrogens (tertiary/aromatic N) is 3. The number of anilines is 1. The third kappa shape index (κ3) is 2.25. The Morgan fingerprint density at radius 1 is 1.47 bits per heavy atom. The maximum absolute atomic E-state index is 5.14. The third-order valence-electron chi connectivity index (χ3n) is 2.67. The van der Waals surface area contributed by atoms with Gasteiger partial charge in [0.1, 0.15) is 5.76 Å². The molecule has 0 atom stereocenters. The minimum absolute atomic E-state index is 0.640. The van der Waals surface area contributed by atoms with Gasteiger partial charge in [-0.05, 0) is 13.8 Å². The molecule has 2 aromatic heterocycles. The molecule has 0 aliphatic rings. The van der Waals surface area contributed by atoms with Crippen molar-refractivity contribution in [1.82, 2.24) is 14.9 Å².